The molecule has 0 aromatic carbocycles. The van der Waals surface area contributed by atoms with Gasteiger partial charge in [0.05, 0.1) is 5.69 Å². The summed E-state index contributed by atoms with van der Waals surface area (Å²) in [5, 5.41) is 4.67. The third kappa shape index (κ3) is 5.51. The quantitative estimate of drug-likeness (QED) is 0.692. The third-order valence-electron chi connectivity index (χ3n) is 3.15. The third-order valence-corrected chi connectivity index (χ3v) is 4.34. The number of thiazole rings is 1. The molecule has 0 aliphatic carbocycles. The average molecular weight is 298 g/mol. The molecule has 3 nitrogen and oxygen atoms in total. The van der Waals surface area contributed by atoms with E-state index in [1.165, 1.54) is 10.6 Å². The molecule has 4 heteroatoms. The number of rotatable bonds is 10. The Bertz CT molecular complexity index is 371. The van der Waals surface area contributed by atoms with Crippen LogP contribution in [0, 0.1) is 0 Å². The van der Waals surface area contributed by atoms with E-state index in [0.717, 1.165) is 43.8 Å². The molecule has 1 unspecified atom stereocenters. The summed E-state index contributed by atoms with van der Waals surface area (Å²) < 4.78 is 5.87. The molecule has 0 saturated carbocycles. The van der Waals surface area contributed by atoms with Crippen molar-refractivity contribution in [3.05, 3.63) is 15.6 Å². The summed E-state index contributed by atoms with van der Waals surface area (Å²) in [7, 11) is 0. The van der Waals surface area contributed by atoms with Crippen LogP contribution < -0.4 is 5.32 Å². The largest absolute Gasteiger partial charge is 0.371 e. The zero-order chi connectivity index (χ0) is 15.0. The van der Waals surface area contributed by atoms with Crippen molar-refractivity contribution in [2.75, 3.05) is 6.61 Å². The van der Waals surface area contributed by atoms with Gasteiger partial charge in [-0.05, 0) is 19.8 Å². The molecule has 1 rings (SSSR count). The number of nitrogens with zero attached hydrogens (tertiary/aromatic N) is 1. The van der Waals surface area contributed by atoms with E-state index in [9.17, 15) is 0 Å². The summed E-state index contributed by atoms with van der Waals surface area (Å²) in [4.78, 5) is 6.25. The fourth-order valence-electron chi connectivity index (χ4n) is 2.15. The van der Waals surface area contributed by atoms with Crippen molar-refractivity contribution in [2.45, 2.75) is 79.0 Å². The Hall–Kier alpha value is -0.450. The lowest BCUT2D eigenvalue weighted by Crippen LogP contribution is -2.21. The Morgan fingerprint density at radius 2 is 1.95 bits per heavy atom. The minimum atomic E-state index is 0.179. The van der Waals surface area contributed by atoms with Crippen LogP contribution in [-0.2, 0) is 17.7 Å². The number of hydrogen-bond acceptors (Lipinski definition) is 4. The number of aryl methyl sites for hydroxylation is 1. The molecular weight excluding hydrogens is 268 g/mol. The van der Waals surface area contributed by atoms with E-state index in [1.807, 2.05) is 11.3 Å². The van der Waals surface area contributed by atoms with E-state index in [1.54, 1.807) is 0 Å². The second-order valence-electron chi connectivity index (χ2n) is 5.44. The van der Waals surface area contributed by atoms with E-state index in [-0.39, 0.29) is 6.10 Å². The Morgan fingerprint density at radius 1 is 1.20 bits per heavy atom. The molecule has 1 aromatic heterocycles. The fourth-order valence-corrected chi connectivity index (χ4v) is 3.30. The Labute approximate surface area is 128 Å². The van der Waals surface area contributed by atoms with Crippen LogP contribution in [0.3, 0.4) is 0 Å². The molecule has 1 N–H and O–H groups in total. The van der Waals surface area contributed by atoms with Crippen LogP contribution in [0.5, 0.6) is 0 Å². The van der Waals surface area contributed by atoms with Crippen molar-refractivity contribution >= 4 is 11.3 Å². The first-order valence-corrected chi connectivity index (χ1v) is 8.77. The Kier molecular flexibility index (Phi) is 8.34. The predicted octanol–water partition coefficient (Wildman–Crippen LogP) is 4.47. The van der Waals surface area contributed by atoms with Gasteiger partial charge in [-0.2, -0.15) is 0 Å². The summed E-state index contributed by atoms with van der Waals surface area (Å²) >= 11 is 1.83. The van der Waals surface area contributed by atoms with Gasteiger partial charge in [-0.25, -0.2) is 4.98 Å². The summed E-state index contributed by atoms with van der Waals surface area (Å²) in [6.07, 6.45) is 4.58. The fraction of sp³-hybridized carbons (Fsp3) is 0.812. The van der Waals surface area contributed by atoms with Gasteiger partial charge in [-0.3, -0.25) is 0 Å². The first-order chi connectivity index (χ1) is 9.62. The zero-order valence-corrected chi connectivity index (χ0v) is 14.5. The average Bonchev–Trinajstić information content (AvgIpc) is 2.80. The zero-order valence-electron chi connectivity index (χ0n) is 13.7. The van der Waals surface area contributed by atoms with E-state index < -0.39 is 0 Å². The SMILES string of the molecule is CCCc1nc(C(CCC)OCC)sc1CNC(C)C. The molecule has 1 atom stereocenters. The molecule has 116 valence electrons. The van der Waals surface area contributed by atoms with E-state index >= 15 is 0 Å². The molecule has 0 spiro atoms. The van der Waals surface area contributed by atoms with Crippen molar-refractivity contribution in [3.8, 4) is 0 Å². The summed E-state index contributed by atoms with van der Waals surface area (Å²) in [6.45, 7) is 12.5. The van der Waals surface area contributed by atoms with E-state index in [2.05, 4.69) is 39.9 Å². The predicted molar refractivity (Wildman–Crippen MR) is 87.4 cm³/mol. The van der Waals surface area contributed by atoms with Gasteiger partial charge in [-0.1, -0.05) is 40.5 Å². The highest BCUT2D eigenvalue weighted by Gasteiger charge is 2.18. The van der Waals surface area contributed by atoms with Gasteiger partial charge in [-0.15, -0.1) is 11.3 Å². The van der Waals surface area contributed by atoms with E-state index in [4.69, 9.17) is 9.72 Å². The normalized spacial score (nSPS) is 13.1. The minimum Gasteiger partial charge on any atom is -0.371 e. The van der Waals surface area contributed by atoms with Crippen molar-refractivity contribution in [1.82, 2.24) is 10.3 Å². The second kappa shape index (κ2) is 9.48. The van der Waals surface area contributed by atoms with Gasteiger partial charge in [0.2, 0.25) is 0 Å². The Morgan fingerprint density at radius 3 is 2.50 bits per heavy atom. The number of nitrogens with one attached hydrogen (secondary N) is 1. The van der Waals surface area contributed by atoms with Crippen LogP contribution >= 0.6 is 11.3 Å². The van der Waals surface area contributed by atoms with Gasteiger partial charge in [0, 0.05) is 24.1 Å². The molecule has 0 radical (unpaired) electrons. The highest BCUT2D eigenvalue weighted by Crippen LogP contribution is 2.30. The Balaban J connectivity index is 2.87. The molecule has 0 aliphatic heterocycles. The van der Waals surface area contributed by atoms with Crippen LogP contribution in [0.2, 0.25) is 0 Å². The first kappa shape index (κ1) is 17.6. The lowest BCUT2D eigenvalue weighted by Gasteiger charge is -2.12. The maximum Gasteiger partial charge on any atom is 0.122 e. The highest BCUT2D eigenvalue weighted by molar-refractivity contribution is 7.11. The van der Waals surface area contributed by atoms with Gasteiger partial charge in [0.25, 0.3) is 0 Å². The van der Waals surface area contributed by atoms with Crippen LogP contribution in [0.4, 0.5) is 0 Å². The van der Waals surface area contributed by atoms with Crippen molar-refractivity contribution < 1.29 is 4.74 Å². The maximum absolute atomic E-state index is 5.87. The summed E-state index contributed by atoms with van der Waals surface area (Å²) in [5.41, 5.74) is 1.27. The molecule has 0 aliphatic rings. The number of ether oxygens (including phenoxy) is 1. The molecule has 20 heavy (non-hydrogen) atoms. The van der Waals surface area contributed by atoms with Crippen LogP contribution in [-0.4, -0.2) is 17.6 Å². The molecule has 0 bridgehead atoms. The van der Waals surface area contributed by atoms with Crippen LogP contribution in [0.15, 0.2) is 0 Å². The first-order valence-electron chi connectivity index (χ1n) is 7.95. The second-order valence-corrected chi connectivity index (χ2v) is 6.56. The molecule has 0 amide bonds. The molecule has 1 heterocycles. The molecule has 0 saturated heterocycles. The summed E-state index contributed by atoms with van der Waals surface area (Å²) in [6, 6.07) is 0.508. The lowest BCUT2D eigenvalue weighted by atomic mass is 10.2. The number of hydrogen-bond donors (Lipinski definition) is 1. The van der Waals surface area contributed by atoms with Crippen molar-refractivity contribution in [1.29, 1.82) is 0 Å². The topological polar surface area (TPSA) is 34.1 Å². The van der Waals surface area contributed by atoms with Crippen LogP contribution in [0.1, 0.15) is 75.6 Å². The number of aromatic nitrogens is 1. The van der Waals surface area contributed by atoms with Gasteiger partial charge < -0.3 is 10.1 Å². The minimum absolute atomic E-state index is 0.179. The monoisotopic (exact) mass is 298 g/mol. The molecule has 1 aromatic rings. The van der Waals surface area contributed by atoms with Gasteiger partial charge in [0.15, 0.2) is 0 Å². The van der Waals surface area contributed by atoms with Crippen molar-refractivity contribution in [2.24, 2.45) is 0 Å². The van der Waals surface area contributed by atoms with E-state index in [0.29, 0.717) is 6.04 Å². The standard InChI is InChI=1S/C16H30N2OS/c1-6-9-13-15(11-17-12(4)5)20-16(18-13)14(10-7-2)19-8-3/h12,14,17H,6-11H2,1-5H3. The molecule has 0 fully saturated rings. The molecular formula is C16H30N2OS. The van der Waals surface area contributed by atoms with Gasteiger partial charge in [0.1, 0.15) is 11.1 Å². The van der Waals surface area contributed by atoms with Gasteiger partial charge >= 0.3 is 0 Å². The maximum atomic E-state index is 5.87. The van der Waals surface area contributed by atoms with Crippen LogP contribution in [0.25, 0.3) is 0 Å². The highest BCUT2D eigenvalue weighted by atomic mass is 32.1. The summed E-state index contributed by atoms with van der Waals surface area (Å²) in [5.74, 6) is 0. The lowest BCUT2D eigenvalue weighted by molar-refractivity contribution is 0.0554. The van der Waals surface area contributed by atoms with Crippen molar-refractivity contribution in [3.63, 3.8) is 0 Å². The smallest absolute Gasteiger partial charge is 0.122 e.